The van der Waals surface area contributed by atoms with Crippen LogP contribution in [0.5, 0.6) is 0 Å². The average Bonchev–Trinajstić information content (AvgIpc) is 2.52. The highest BCUT2D eigenvalue weighted by Gasteiger charge is 2.12. The summed E-state index contributed by atoms with van der Waals surface area (Å²) in [7, 11) is 4.02. The minimum atomic E-state index is -0.239. The van der Waals surface area contributed by atoms with Crippen molar-refractivity contribution in [2.75, 3.05) is 20.6 Å². The third-order valence-corrected chi connectivity index (χ3v) is 3.05. The number of benzene rings is 1. The van der Waals surface area contributed by atoms with Gasteiger partial charge in [-0.3, -0.25) is 0 Å². The number of halogens is 1. The maximum absolute atomic E-state index is 13.3. The fourth-order valence-corrected chi connectivity index (χ4v) is 2.53. The van der Waals surface area contributed by atoms with Gasteiger partial charge < -0.3 is 14.5 Å². The van der Waals surface area contributed by atoms with Gasteiger partial charge in [0, 0.05) is 12.6 Å². The lowest BCUT2D eigenvalue weighted by atomic mass is 10.2. The number of rotatable bonds is 3. The largest absolute Gasteiger partial charge is 0.331 e. The van der Waals surface area contributed by atoms with Crippen molar-refractivity contribution < 1.29 is 4.39 Å². The average molecular weight is 253 g/mol. The van der Waals surface area contributed by atoms with Gasteiger partial charge in [0.1, 0.15) is 5.82 Å². The summed E-state index contributed by atoms with van der Waals surface area (Å²) >= 11 is 5.29. The van der Waals surface area contributed by atoms with Crippen LogP contribution < -0.4 is 0 Å². The molecule has 2 aromatic rings. The number of hydrogen-bond donors (Lipinski definition) is 1. The van der Waals surface area contributed by atoms with Crippen LogP contribution in [-0.4, -0.2) is 35.1 Å². The van der Waals surface area contributed by atoms with Crippen molar-refractivity contribution in [3.05, 3.63) is 28.8 Å². The summed E-state index contributed by atoms with van der Waals surface area (Å²) in [5.41, 5.74) is 1.70. The monoisotopic (exact) mass is 253 g/mol. The molecule has 2 rings (SSSR count). The molecule has 0 spiro atoms. The van der Waals surface area contributed by atoms with Gasteiger partial charge in [-0.2, -0.15) is 0 Å². The van der Waals surface area contributed by atoms with Crippen molar-refractivity contribution in [2.45, 2.75) is 13.0 Å². The zero-order valence-corrected chi connectivity index (χ0v) is 11.0. The molecule has 17 heavy (non-hydrogen) atoms. The SMILES string of the molecule is CC(CN(C)C)n1c(=S)[nH]c2ccc(F)cc21. The smallest absolute Gasteiger partial charge is 0.178 e. The lowest BCUT2D eigenvalue weighted by Crippen LogP contribution is -2.22. The standard InChI is InChI=1S/C12H16FN3S/c1-8(7-15(2)3)16-11-6-9(13)4-5-10(11)14-12(16)17/h4-6,8H,7H2,1-3H3,(H,14,17). The molecular formula is C12H16FN3S. The van der Waals surface area contributed by atoms with Crippen molar-refractivity contribution in [1.82, 2.24) is 14.5 Å². The summed E-state index contributed by atoms with van der Waals surface area (Å²) in [6.45, 7) is 2.94. The Labute approximate surface area is 105 Å². The summed E-state index contributed by atoms with van der Waals surface area (Å²) in [5.74, 6) is -0.239. The number of likely N-dealkylation sites (N-methyl/N-ethyl adjacent to an activating group) is 1. The zero-order chi connectivity index (χ0) is 12.6. The Hall–Kier alpha value is -1.20. The first kappa shape index (κ1) is 12.3. The Morgan fingerprint density at radius 3 is 2.82 bits per heavy atom. The molecule has 0 fully saturated rings. The minimum Gasteiger partial charge on any atom is -0.331 e. The van der Waals surface area contributed by atoms with Gasteiger partial charge in [0.15, 0.2) is 4.77 Å². The van der Waals surface area contributed by atoms with Gasteiger partial charge in [0.2, 0.25) is 0 Å². The van der Waals surface area contributed by atoms with Gasteiger partial charge in [-0.25, -0.2) is 4.39 Å². The molecule has 1 aromatic carbocycles. The summed E-state index contributed by atoms with van der Waals surface area (Å²) in [6.07, 6.45) is 0. The van der Waals surface area contributed by atoms with Gasteiger partial charge in [0.05, 0.1) is 11.0 Å². The van der Waals surface area contributed by atoms with Crippen LogP contribution in [0, 0.1) is 10.6 Å². The second-order valence-corrected chi connectivity index (χ2v) is 4.96. The Balaban J connectivity index is 2.55. The Morgan fingerprint density at radius 2 is 2.18 bits per heavy atom. The second kappa shape index (κ2) is 4.58. The van der Waals surface area contributed by atoms with E-state index in [-0.39, 0.29) is 11.9 Å². The van der Waals surface area contributed by atoms with Gasteiger partial charge in [-0.05, 0) is 51.4 Å². The van der Waals surface area contributed by atoms with E-state index < -0.39 is 0 Å². The van der Waals surface area contributed by atoms with Crippen molar-refractivity contribution in [2.24, 2.45) is 0 Å². The van der Waals surface area contributed by atoms with E-state index in [1.165, 1.54) is 12.1 Å². The molecule has 1 N–H and O–H groups in total. The molecule has 3 nitrogen and oxygen atoms in total. The number of nitrogens with one attached hydrogen (secondary N) is 1. The number of imidazole rings is 1. The van der Waals surface area contributed by atoms with Gasteiger partial charge in [-0.15, -0.1) is 0 Å². The number of nitrogens with zero attached hydrogens (tertiary/aromatic N) is 2. The van der Waals surface area contributed by atoms with Crippen LogP contribution >= 0.6 is 12.2 Å². The predicted octanol–water partition coefficient (Wildman–Crippen LogP) is 2.96. The number of fused-ring (bicyclic) bond motifs is 1. The molecule has 0 bridgehead atoms. The zero-order valence-electron chi connectivity index (χ0n) is 10.2. The van der Waals surface area contributed by atoms with Crippen molar-refractivity contribution in [1.29, 1.82) is 0 Å². The highest BCUT2D eigenvalue weighted by Crippen LogP contribution is 2.20. The third kappa shape index (κ3) is 2.40. The van der Waals surface area contributed by atoms with Gasteiger partial charge >= 0.3 is 0 Å². The third-order valence-electron chi connectivity index (χ3n) is 2.75. The molecule has 0 saturated carbocycles. The van der Waals surface area contributed by atoms with Crippen LogP contribution in [0.15, 0.2) is 18.2 Å². The molecule has 0 aliphatic heterocycles. The van der Waals surface area contributed by atoms with E-state index in [1.807, 2.05) is 18.7 Å². The minimum absolute atomic E-state index is 0.202. The molecule has 0 amide bonds. The molecule has 0 aliphatic carbocycles. The molecule has 1 unspecified atom stereocenters. The summed E-state index contributed by atoms with van der Waals surface area (Å²) in [4.78, 5) is 5.19. The fraction of sp³-hybridized carbons (Fsp3) is 0.417. The Morgan fingerprint density at radius 1 is 1.47 bits per heavy atom. The van der Waals surface area contributed by atoms with E-state index in [9.17, 15) is 4.39 Å². The normalized spacial score (nSPS) is 13.5. The van der Waals surface area contributed by atoms with E-state index in [0.29, 0.717) is 4.77 Å². The molecule has 5 heteroatoms. The molecule has 92 valence electrons. The molecule has 0 aliphatic rings. The number of aromatic amines is 1. The van der Waals surface area contributed by atoms with Crippen molar-refractivity contribution in [3.63, 3.8) is 0 Å². The van der Waals surface area contributed by atoms with E-state index in [0.717, 1.165) is 17.6 Å². The lowest BCUT2D eigenvalue weighted by molar-refractivity contribution is 0.339. The Bertz CT molecular complexity index is 585. The Kier molecular flexibility index (Phi) is 3.31. The summed E-state index contributed by atoms with van der Waals surface area (Å²) in [5, 5.41) is 0. The maximum atomic E-state index is 13.3. The first-order valence-corrected chi connectivity index (χ1v) is 5.94. The maximum Gasteiger partial charge on any atom is 0.178 e. The lowest BCUT2D eigenvalue weighted by Gasteiger charge is -2.19. The van der Waals surface area contributed by atoms with Crippen LogP contribution in [0.25, 0.3) is 11.0 Å². The summed E-state index contributed by atoms with van der Waals surface area (Å²) in [6, 6.07) is 4.88. The number of hydrogen-bond acceptors (Lipinski definition) is 2. The molecule has 0 saturated heterocycles. The predicted molar refractivity (Wildman–Crippen MR) is 70.3 cm³/mol. The second-order valence-electron chi connectivity index (χ2n) is 4.57. The van der Waals surface area contributed by atoms with Crippen LogP contribution in [0.1, 0.15) is 13.0 Å². The first-order valence-electron chi connectivity index (χ1n) is 5.53. The van der Waals surface area contributed by atoms with Crippen molar-refractivity contribution in [3.8, 4) is 0 Å². The quantitative estimate of drug-likeness (QED) is 0.850. The van der Waals surface area contributed by atoms with Crippen LogP contribution in [0.4, 0.5) is 4.39 Å². The van der Waals surface area contributed by atoms with Gasteiger partial charge in [0.25, 0.3) is 0 Å². The first-order chi connectivity index (χ1) is 7.99. The van der Waals surface area contributed by atoms with E-state index >= 15 is 0 Å². The topological polar surface area (TPSA) is 24.0 Å². The molecular weight excluding hydrogens is 237 g/mol. The van der Waals surface area contributed by atoms with E-state index in [2.05, 4.69) is 16.8 Å². The van der Waals surface area contributed by atoms with Crippen LogP contribution in [0.3, 0.4) is 0 Å². The highest BCUT2D eigenvalue weighted by atomic mass is 32.1. The highest BCUT2D eigenvalue weighted by molar-refractivity contribution is 7.71. The number of H-pyrrole nitrogens is 1. The van der Waals surface area contributed by atoms with Gasteiger partial charge in [-0.1, -0.05) is 0 Å². The fourth-order valence-electron chi connectivity index (χ4n) is 2.14. The molecule has 1 heterocycles. The summed E-state index contributed by atoms with van der Waals surface area (Å²) < 4.78 is 15.9. The van der Waals surface area contributed by atoms with Crippen LogP contribution in [0.2, 0.25) is 0 Å². The molecule has 1 atom stereocenters. The van der Waals surface area contributed by atoms with Crippen molar-refractivity contribution >= 4 is 23.3 Å². The van der Waals surface area contributed by atoms with E-state index in [1.54, 1.807) is 6.07 Å². The number of aromatic nitrogens is 2. The molecule has 0 radical (unpaired) electrons. The molecule has 1 aromatic heterocycles. The van der Waals surface area contributed by atoms with Crippen LogP contribution in [-0.2, 0) is 0 Å². The van der Waals surface area contributed by atoms with E-state index in [4.69, 9.17) is 12.2 Å².